The third kappa shape index (κ3) is 5.58. The monoisotopic (exact) mass is 768 g/mol. The van der Waals surface area contributed by atoms with Crippen LogP contribution < -0.4 is 4.90 Å². The van der Waals surface area contributed by atoms with Gasteiger partial charge in [-0.1, -0.05) is 120 Å². The number of aryl methyl sites for hydroxylation is 1. The Kier molecular flexibility index (Phi) is 7.88. The Balaban J connectivity index is 1.15. The predicted molar refractivity (Wildman–Crippen MR) is 243 cm³/mol. The summed E-state index contributed by atoms with van der Waals surface area (Å²) in [7, 11) is 0. The van der Waals surface area contributed by atoms with Gasteiger partial charge < -0.3 is 9.64 Å². The van der Waals surface area contributed by atoms with Crippen LogP contribution in [-0.2, 0) is 22.0 Å². The maximum Gasteiger partial charge on any atom is 0.217 e. The smallest absolute Gasteiger partial charge is 0.217 e. The summed E-state index contributed by atoms with van der Waals surface area (Å²) in [6.07, 6.45) is 3.89. The zero-order valence-corrected chi connectivity index (χ0v) is 34.6. The highest BCUT2D eigenvalue weighted by molar-refractivity contribution is 6.11. The van der Waals surface area contributed by atoms with Crippen molar-refractivity contribution in [2.75, 3.05) is 4.90 Å². The molecule has 0 bridgehead atoms. The second kappa shape index (κ2) is 13.0. The molecule has 0 radical (unpaired) electrons. The maximum absolute atomic E-state index is 6.95. The number of benzene rings is 6. The molecule has 0 saturated heterocycles. The summed E-state index contributed by atoms with van der Waals surface area (Å²) in [5.74, 6) is 1.65. The van der Waals surface area contributed by atoms with Crippen LogP contribution in [0.5, 0.6) is 0 Å². The SMILES string of the molecule is Cc1cccc2c1CC[C@H]1N=C(c3cc(-c4ccccc4)cc(N4c5ccccc5C(C)(C)c5cc6c7ccccc7n(-c7cc(C(C)(C)C)ccn7)c6cc54)c3)O[C@@H]21. The largest absolute Gasteiger partial charge is 0.467 e. The minimum atomic E-state index is -0.274. The standard InChI is InChI=1S/C54H48N4O/c1-33-15-14-19-41-39(33)23-24-45-51(41)59-52(56-45)36-27-35(34-16-8-7-9-17-34)28-38(29-36)57-47-22-13-11-20-43(47)54(5,6)44-31-42-40-18-10-12-21-46(40)58(48(42)32-49(44)57)50-30-37(25-26-55-50)53(2,3)4/h7-22,25-32,45,51H,23-24H2,1-6H3/t45-,51+/m1/s1. The number of ether oxygens (including phenoxy) is 1. The van der Waals surface area contributed by atoms with E-state index in [1.165, 1.54) is 49.8 Å². The molecule has 0 saturated carbocycles. The number of hydrogen-bond acceptors (Lipinski definition) is 4. The first-order chi connectivity index (χ1) is 28.5. The Morgan fingerprint density at radius 1 is 0.678 bits per heavy atom. The summed E-state index contributed by atoms with van der Waals surface area (Å²) in [6, 6.07) is 51.3. The summed E-state index contributed by atoms with van der Waals surface area (Å²) >= 11 is 0. The van der Waals surface area contributed by atoms with Crippen molar-refractivity contribution in [2.45, 2.75) is 77.4 Å². The van der Waals surface area contributed by atoms with Crippen LogP contribution in [-0.4, -0.2) is 21.5 Å². The fourth-order valence-electron chi connectivity index (χ4n) is 10.1. The first-order valence-electron chi connectivity index (χ1n) is 21.0. The molecule has 0 N–H and O–H groups in total. The van der Waals surface area contributed by atoms with E-state index in [4.69, 9.17) is 14.7 Å². The predicted octanol–water partition coefficient (Wildman–Crippen LogP) is 13.4. The summed E-state index contributed by atoms with van der Waals surface area (Å²) in [5, 5.41) is 2.44. The molecule has 5 nitrogen and oxygen atoms in total. The lowest BCUT2D eigenvalue weighted by molar-refractivity contribution is 0.183. The van der Waals surface area contributed by atoms with Gasteiger partial charge in [-0.25, -0.2) is 9.98 Å². The highest BCUT2D eigenvalue weighted by atomic mass is 16.5. The third-order valence-electron chi connectivity index (χ3n) is 13.2. The van der Waals surface area contributed by atoms with Crippen molar-refractivity contribution in [2.24, 2.45) is 4.99 Å². The van der Waals surface area contributed by atoms with Gasteiger partial charge in [0.2, 0.25) is 5.90 Å². The van der Waals surface area contributed by atoms with Crippen LogP contribution in [0.1, 0.15) is 86.1 Å². The number of aromatic nitrogens is 2. The summed E-state index contributed by atoms with van der Waals surface area (Å²) in [4.78, 5) is 12.8. The van der Waals surface area contributed by atoms with E-state index in [0.29, 0.717) is 0 Å². The van der Waals surface area contributed by atoms with Gasteiger partial charge in [0, 0.05) is 33.6 Å². The van der Waals surface area contributed by atoms with Crippen LogP contribution in [0.25, 0.3) is 38.8 Å². The summed E-state index contributed by atoms with van der Waals surface area (Å²) in [6.45, 7) is 13.7. The lowest BCUT2D eigenvalue weighted by atomic mass is 9.73. The van der Waals surface area contributed by atoms with Crippen molar-refractivity contribution in [3.63, 3.8) is 0 Å². The molecular formula is C54H48N4O. The third-order valence-corrected chi connectivity index (χ3v) is 13.2. The average molecular weight is 769 g/mol. The zero-order chi connectivity index (χ0) is 40.2. The molecule has 59 heavy (non-hydrogen) atoms. The molecule has 1 aliphatic carbocycles. The average Bonchev–Trinajstić information content (AvgIpc) is 3.83. The topological polar surface area (TPSA) is 42.7 Å². The number of pyridine rings is 1. The van der Waals surface area contributed by atoms with E-state index in [0.717, 1.165) is 63.7 Å². The fraction of sp³-hybridized carbons (Fsp3) is 0.222. The van der Waals surface area contributed by atoms with E-state index in [1.54, 1.807) is 0 Å². The van der Waals surface area contributed by atoms with Gasteiger partial charge >= 0.3 is 0 Å². The summed E-state index contributed by atoms with van der Waals surface area (Å²) in [5.41, 5.74) is 16.5. The van der Waals surface area contributed by atoms with Gasteiger partial charge in [-0.2, -0.15) is 0 Å². The van der Waals surface area contributed by atoms with Crippen molar-refractivity contribution in [1.82, 2.24) is 9.55 Å². The molecule has 0 spiro atoms. The molecule has 8 aromatic rings. The van der Waals surface area contributed by atoms with Gasteiger partial charge in [0.25, 0.3) is 0 Å². The van der Waals surface area contributed by atoms with Gasteiger partial charge in [0.1, 0.15) is 11.9 Å². The Labute approximate surface area is 346 Å². The number of nitrogens with zero attached hydrogens (tertiary/aromatic N) is 4. The van der Waals surface area contributed by atoms with Crippen molar-refractivity contribution in [3.05, 3.63) is 185 Å². The lowest BCUT2D eigenvalue weighted by Crippen LogP contribution is -2.30. The highest BCUT2D eigenvalue weighted by Gasteiger charge is 2.40. The highest BCUT2D eigenvalue weighted by Crippen LogP contribution is 2.54. The molecule has 6 aromatic carbocycles. The van der Waals surface area contributed by atoms with Crippen LogP contribution in [0.4, 0.5) is 17.1 Å². The van der Waals surface area contributed by atoms with Crippen LogP contribution in [0, 0.1) is 6.92 Å². The molecule has 2 atom stereocenters. The molecule has 2 aliphatic heterocycles. The fourth-order valence-corrected chi connectivity index (χ4v) is 10.1. The minimum Gasteiger partial charge on any atom is -0.467 e. The van der Waals surface area contributed by atoms with Crippen LogP contribution in [0.15, 0.2) is 151 Å². The maximum atomic E-state index is 6.95. The molecular weight excluding hydrogens is 721 g/mol. The number of para-hydroxylation sites is 2. The Hall–Kier alpha value is -6.46. The van der Waals surface area contributed by atoms with E-state index in [1.807, 2.05) is 6.20 Å². The number of rotatable bonds is 4. The number of hydrogen-bond donors (Lipinski definition) is 0. The molecule has 3 aliphatic rings. The van der Waals surface area contributed by atoms with Crippen LogP contribution in [0.3, 0.4) is 0 Å². The van der Waals surface area contributed by atoms with Gasteiger partial charge in [-0.05, 0) is 124 Å². The van der Waals surface area contributed by atoms with E-state index >= 15 is 0 Å². The minimum absolute atomic E-state index is 0.0188. The number of anilines is 3. The Bertz CT molecular complexity index is 3020. The lowest BCUT2D eigenvalue weighted by Gasteiger charge is -2.42. The van der Waals surface area contributed by atoms with Gasteiger partial charge in [-0.15, -0.1) is 0 Å². The van der Waals surface area contributed by atoms with Crippen LogP contribution >= 0.6 is 0 Å². The first kappa shape index (κ1) is 35.7. The number of fused-ring (bicyclic) bond motifs is 8. The second-order valence-corrected chi connectivity index (χ2v) is 18.2. The molecule has 2 aromatic heterocycles. The molecule has 4 heterocycles. The van der Waals surface area contributed by atoms with E-state index in [-0.39, 0.29) is 23.0 Å². The first-order valence-corrected chi connectivity index (χ1v) is 21.0. The van der Waals surface area contributed by atoms with Gasteiger partial charge in [0.05, 0.1) is 28.5 Å². The molecule has 5 heteroatoms. The normalized spacial score (nSPS) is 17.9. The van der Waals surface area contributed by atoms with Crippen molar-refractivity contribution < 1.29 is 4.74 Å². The second-order valence-electron chi connectivity index (χ2n) is 18.2. The zero-order valence-electron chi connectivity index (χ0n) is 34.6. The van der Waals surface area contributed by atoms with Gasteiger partial charge in [0.15, 0.2) is 0 Å². The summed E-state index contributed by atoms with van der Waals surface area (Å²) < 4.78 is 9.31. The molecule has 0 fully saturated rings. The molecule has 0 amide bonds. The quantitative estimate of drug-likeness (QED) is 0.179. The molecule has 290 valence electrons. The van der Waals surface area contributed by atoms with E-state index in [2.05, 4.69) is 191 Å². The Morgan fingerprint density at radius 3 is 2.31 bits per heavy atom. The number of aliphatic imine (C=N–C) groups is 1. The van der Waals surface area contributed by atoms with E-state index < -0.39 is 0 Å². The van der Waals surface area contributed by atoms with E-state index in [9.17, 15) is 0 Å². The van der Waals surface area contributed by atoms with Crippen LogP contribution in [0.2, 0.25) is 0 Å². The van der Waals surface area contributed by atoms with Crippen molar-refractivity contribution in [3.8, 4) is 16.9 Å². The van der Waals surface area contributed by atoms with Crippen molar-refractivity contribution in [1.29, 1.82) is 0 Å². The van der Waals surface area contributed by atoms with Crippen molar-refractivity contribution >= 4 is 44.8 Å². The molecule has 11 rings (SSSR count). The Morgan fingerprint density at radius 2 is 1.46 bits per heavy atom. The molecule has 0 unspecified atom stereocenters. The van der Waals surface area contributed by atoms with Gasteiger partial charge in [-0.3, -0.25) is 4.57 Å².